The Balaban J connectivity index is 1.37. The van der Waals surface area contributed by atoms with Crippen LogP contribution in [-0.2, 0) is 9.47 Å². The maximum Gasteiger partial charge on any atom is 0.407 e. The van der Waals surface area contributed by atoms with Gasteiger partial charge in [-0.2, -0.15) is 5.10 Å². The molecule has 1 aliphatic heterocycles. The van der Waals surface area contributed by atoms with Crippen molar-refractivity contribution in [1.29, 1.82) is 0 Å². The number of aliphatic hydroxyl groups is 1. The summed E-state index contributed by atoms with van der Waals surface area (Å²) in [5.41, 5.74) is -0.0598. The molecule has 5 aliphatic rings. The van der Waals surface area contributed by atoms with Crippen LogP contribution in [0.4, 0.5) is 10.6 Å². The molecule has 10 heteroatoms. The van der Waals surface area contributed by atoms with Gasteiger partial charge in [0, 0.05) is 31.9 Å². The van der Waals surface area contributed by atoms with Crippen LogP contribution in [0.2, 0.25) is 0 Å². The van der Waals surface area contributed by atoms with Crippen molar-refractivity contribution in [2.75, 3.05) is 44.9 Å². The molecule has 6 rings (SSSR count). The van der Waals surface area contributed by atoms with E-state index in [1.807, 2.05) is 19.9 Å². The normalized spacial score (nSPS) is 31.6. The summed E-state index contributed by atoms with van der Waals surface area (Å²) in [7, 11) is 1.33. The van der Waals surface area contributed by atoms with Gasteiger partial charge in [-0.1, -0.05) is 0 Å². The highest BCUT2D eigenvalue weighted by Gasteiger charge is 2.55. The molecular weight excluding hydrogens is 462 g/mol. The van der Waals surface area contributed by atoms with Gasteiger partial charge in [0.25, 0.3) is 5.91 Å². The monoisotopic (exact) mass is 501 g/mol. The zero-order chi connectivity index (χ0) is 25.5. The SMILES string of the molecule is COC(=O)NC(C)(C)/C=C/n1ncc(C(=O)NC2C3CC4CC2CC(CO)(C4)C3)c1N1CCOCC1. The number of methoxy groups -OCH3 is 1. The zero-order valence-corrected chi connectivity index (χ0v) is 21.5. The van der Waals surface area contributed by atoms with Gasteiger partial charge in [-0.05, 0) is 75.2 Å². The van der Waals surface area contributed by atoms with Crippen LogP contribution in [-0.4, -0.2) is 78.5 Å². The number of ether oxygens (including phenoxy) is 2. The van der Waals surface area contributed by atoms with E-state index in [1.54, 1.807) is 17.1 Å². The Hall–Kier alpha value is -2.59. The predicted molar refractivity (Wildman–Crippen MR) is 135 cm³/mol. The number of rotatable bonds is 7. The molecule has 0 spiro atoms. The first kappa shape index (κ1) is 25.1. The highest BCUT2D eigenvalue weighted by molar-refractivity contribution is 5.99. The summed E-state index contributed by atoms with van der Waals surface area (Å²) in [5.74, 6) is 2.18. The molecule has 0 aromatic carbocycles. The number of nitrogens with one attached hydrogen (secondary N) is 2. The second-order valence-corrected chi connectivity index (χ2v) is 11.7. The topological polar surface area (TPSA) is 118 Å². The molecule has 2 heterocycles. The van der Waals surface area contributed by atoms with Crippen molar-refractivity contribution >= 4 is 24.0 Å². The quantitative estimate of drug-likeness (QED) is 0.524. The second-order valence-electron chi connectivity index (χ2n) is 11.7. The van der Waals surface area contributed by atoms with Crippen molar-refractivity contribution in [1.82, 2.24) is 20.4 Å². The second kappa shape index (κ2) is 9.70. The van der Waals surface area contributed by atoms with Crippen molar-refractivity contribution in [3.63, 3.8) is 0 Å². The third-order valence-electron chi connectivity index (χ3n) is 8.60. The predicted octanol–water partition coefficient (Wildman–Crippen LogP) is 2.24. The van der Waals surface area contributed by atoms with Gasteiger partial charge in [0.1, 0.15) is 11.4 Å². The van der Waals surface area contributed by atoms with E-state index in [-0.39, 0.29) is 24.0 Å². The standard InChI is InChI=1S/C26H39N5O5/c1-25(2,29-24(34)35-3)4-5-31-23(30-6-8-36-9-7-30)20(15-27-31)22(33)28-21-18-10-17-11-19(21)14-26(12-17,13-18)16-32/h4-5,15,17-19,21,32H,6-14,16H2,1-3H3,(H,28,33)(H,29,34)/b5-4+. The highest BCUT2D eigenvalue weighted by atomic mass is 16.5. The molecule has 4 aliphatic carbocycles. The number of nitrogens with zero attached hydrogens (tertiary/aromatic N) is 3. The molecule has 2 atom stereocenters. The Morgan fingerprint density at radius 2 is 1.94 bits per heavy atom. The van der Waals surface area contributed by atoms with E-state index in [0.717, 1.165) is 37.9 Å². The Morgan fingerprint density at radius 3 is 2.58 bits per heavy atom. The van der Waals surface area contributed by atoms with E-state index in [2.05, 4.69) is 20.6 Å². The van der Waals surface area contributed by atoms with Crippen LogP contribution in [0.15, 0.2) is 12.3 Å². The van der Waals surface area contributed by atoms with Crippen molar-refractivity contribution in [2.24, 2.45) is 23.2 Å². The third kappa shape index (κ3) is 4.85. The van der Waals surface area contributed by atoms with Gasteiger partial charge in [-0.3, -0.25) is 4.79 Å². The molecule has 198 valence electrons. The van der Waals surface area contributed by atoms with Crippen molar-refractivity contribution in [3.05, 3.63) is 17.8 Å². The molecule has 0 radical (unpaired) electrons. The fraction of sp³-hybridized carbons (Fsp3) is 0.731. The molecule has 2 unspecified atom stereocenters. The number of amides is 2. The molecule has 4 bridgehead atoms. The summed E-state index contributed by atoms with van der Waals surface area (Å²) in [6.07, 6.45) is 10.2. The lowest BCUT2D eigenvalue weighted by Crippen LogP contribution is -2.60. The molecule has 10 nitrogen and oxygen atoms in total. The van der Waals surface area contributed by atoms with Crippen LogP contribution in [0.3, 0.4) is 0 Å². The van der Waals surface area contributed by atoms with Gasteiger partial charge in [-0.25, -0.2) is 9.48 Å². The maximum atomic E-state index is 13.7. The number of alkyl carbamates (subject to hydrolysis) is 1. The van der Waals surface area contributed by atoms with Crippen LogP contribution in [0.5, 0.6) is 0 Å². The van der Waals surface area contributed by atoms with E-state index in [9.17, 15) is 14.7 Å². The molecule has 3 N–H and O–H groups in total. The van der Waals surface area contributed by atoms with Gasteiger partial charge in [0.15, 0.2) is 0 Å². The van der Waals surface area contributed by atoms with Gasteiger partial charge >= 0.3 is 6.09 Å². The molecule has 1 aromatic rings. The first-order chi connectivity index (χ1) is 17.2. The van der Waals surface area contributed by atoms with E-state index in [0.29, 0.717) is 49.6 Å². The van der Waals surface area contributed by atoms with E-state index in [1.165, 1.54) is 7.11 Å². The Kier molecular flexibility index (Phi) is 6.76. The zero-order valence-electron chi connectivity index (χ0n) is 21.5. The Labute approximate surface area is 212 Å². The van der Waals surface area contributed by atoms with Gasteiger partial charge in [0.2, 0.25) is 0 Å². The Morgan fingerprint density at radius 1 is 1.25 bits per heavy atom. The van der Waals surface area contributed by atoms with Crippen molar-refractivity contribution in [3.8, 4) is 0 Å². The smallest absolute Gasteiger partial charge is 0.407 e. The molecule has 2 amide bonds. The van der Waals surface area contributed by atoms with Gasteiger partial charge in [-0.15, -0.1) is 0 Å². The summed E-state index contributed by atoms with van der Waals surface area (Å²) >= 11 is 0. The molecule has 1 aromatic heterocycles. The lowest BCUT2D eigenvalue weighted by molar-refractivity contribution is -0.0969. The van der Waals surface area contributed by atoms with Gasteiger partial charge < -0.3 is 30.1 Å². The van der Waals surface area contributed by atoms with E-state index >= 15 is 0 Å². The maximum absolute atomic E-state index is 13.7. The molecular formula is C26H39N5O5. The average molecular weight is 502 g/mol. The summed E-state index contributed by atoms with van der Waals surface area (Å²) in [5, 5.41) is 20.8. The highest BCUT2D eigenvalue weighted by Crippen LogP contribution is 2.59. The fourth-order valence-electron chi connectivity index (χ4n) is 7.18. The van der Waals surface area contributed by atoms with E-state index in [4.69, 9.17) is 9.47 Å². The largest absolute Gasteiger partial charge is 0.453 e. The van der Waals surface area contributed by atoms with E-state index < -0.39 is 11.6 Å². The summed E-state index contributed by atoms with van der Waals surface area (Å²) in [6.45, 7) is 6.48. The molecule has 1 saturated heterocycles. The minimum atomic E-state index is -0.674. The number of hydrogen-bond acceptors (Lipinski definition) is 7. The lowest BCUT2D eigenvalue weighted by atomic mass is 9.48. The first-order valence-corrected chi connectivity index (χ1v) is 13.1. The number of aromatic nitrogens is 2. The van der Waals surface area contributed by atoms with Crippen molar-refractivity contribution in [2.45, 2.75) is 57.5 Å². The van der Waals surface area contributed by atoms with Crippen molar-refractivity contribution < 1.29 is 24.2 Å². The minimum Gasteiger partial charge on any atom is -0.453 e. The first-order valence-electron chi connectivity index (χ1n) is 13.1. The van der Waals surface area contributed by atoms with Crippen LogP contribution in [0, 0.1) is 23.2 Å². The fourth-order valence-corrected chi connectivity index (χ4v) is 7.18. The Bertz CT molecular complexity index is 998. The third-order valence-corrected chi connectivity index (χ3v) is 8.60. The number of carbonyl (C=O) groups is 2. The molecule has 36 heavy (non-hydrogen) atoms. The minimum absolute atomic E-state index is 0.0669. The van der Waals surface area contributed by atoms with Crippen LogP contribution < -0.4 is 15.5 Å². The van der Waals surface area contributed by atoms with Crippen LogP contribution in [0.1, 0.15) is 56.3 Å². The molecule has 4 saturated carbocycles. The van der Waals surface area contributed by atoms with Crippen LogP contribution in [0.25, 0.3) is 6.20 Å². The number of anilines is 1. The summed E-state index contributed by atoms with van der Waals surface area (Å²) in [4.78, 5) is 27.5. The average Bonchev–Trinajstić information content (AvgIpc) is 3.29. The van der Waals surface area contributed by atoms with Gasteiger partial charge in [0.05, 0.1) is 32.1 Å². The summed E-state index contributed by atoms with van der Waals surface area (Å²) < 4.78 is 12.0. The lowest BCUT2D eigenvalue weighted by Gasteiger charge is -2.59. The number of morpholine rings is 1. The number of hydrogen-bond donors (Lipinski definition) is 3. The number of aliphatic hydroxyl groups excluding tert-OH is 1. The molecule has 5 fully saturated rings. The van der Waals surface area contributed by atoms with Crippen LogP contribution >= 0.6 is 0 Å². The summed E-state index contributed by atoms with van der Waals surface area (Å²) in [6, 6.07) is 0.147. The number of carbonyl (C=O) groups excluding carboxylic acids is 2.